The topological polar surface area (TPSA) is 50.4 Å². The third-order valence-electron chi connectivity index (χ3n) is 2.51. The van der Waals surface area contributed by atoms with Crippen LogP contribution in [-0.2, 0) is 4.74 Å². The number of halogens is 3. The molecule has 0 aromatic rings. The molecule has 0 radical (unpaired) electrons. The Kier molecular flexibility index (Phi) is 5.06. The molecule has 0 aliphatic heterocycles. The van der Waals surface area contributed by atoms with Crippen molar-refractivity contribution in [2.75, 3.05) is 6.54 Å². The van der Waals surface area contributed by atoms with Crippen LogP contribution < -0.4 is 10.6 Å². The van der Waals surface area contributed by atoms with E-state index in [1.54, 1.807) is 20.8 Å². The molecule has 4 nitrogen and oxygen atoms in total. The highest BCUT2D eigenvalue weighted by Crippen LogP contribution is 2.27. The Morgan fingerprint density at radius 1 is 1.32 bits per heavy atom. The van der Waals surface area contributed by atoms with Crippen molar-refractivity contribution in [1.29, 1.82) is 0 Å². The van der Waals surface area contributed by atoms with Crippen LogP contribution in [-0.4, -0.2) is 36.5 Å². The summed E-state index contributed by atoms with van der Waals surface area (Å²) in [5.41, 5.74) is -0.653. The number of carbonyl (C=O) groups is 1. The predicted octanol–water partition coefficient (Wildman–Crippen LogP) is 2.58. The molecule has 1 amide bonds. The van der Waals surface area contributed by atoms with E-state index in [-0.39, 0.29) is 19.0 Å². The molecule has 1 atom stereocenters. The van der Waals surface area contributed by atoms with Crippen LogP contribution in [0.25, 0.3) is 0 Å². The van der Waals surface area contributed by atoms with Crippen LogP contribution >= 0.6 is 0 Å². The zero-order valence-electron chi connectivity index (χ0n) is 11.4. The molecule has 1 aliphatic rings. The van der Waals surface area contributed by atoms with E-state index >= 15 is 0 Å². The highest BCUT2D eigenvalue weighted by atomic mass is 19.4. The van der Waals surface area contributed by atoms with Crippen LogP contribution in [0.5, 0.6) is 0 Å². The van der Waals surface area contributed by atoms with Crippen molar-refractivity contribution in [2.45, 2.75) is 63.9 Å². The van der Waals surface area contributed by atoms with Crippen LogP contribution in [0, 0.1) is 0 Å². The Morgan fingerprint density at radius 2 is 1.89 bits per heavy atom. The molecule has 0 bridgehead atoms. The lowest BCUT2D eigenvalue weighted by atomic mass is 10.2. The zero-order valence-corrected chi connectivity index (χ0v) is 11.4. The summed E-state index contributed by atoms with van der Waals surface area (Å²) < 4.78 is 43.0. The largest absolute Gasteiger partial charge is 0.444 e. The second kappa shape index (κ2) is 5.98. The van der Waals surface area contributed by atoms with Crippen molar-refractivity contribution in [3.8, 4) is 0 Å². The maximum Gasteiger partial charge on any atom is 0.407 e. The summed E-state index contributed by atoms with van der Waals surface area (Å²) in [4.78, 5) is 11.3. The lowest BCUT2D eigenvalue weighted by Crippen LogP contribution is -2.45. The van der Waals surface area contributed by atoms with Crippen molar-refractivity contribution >= 4 is 6.09 Å². The summed E-state index contributed by atoms with van der Waals surface area (Å²) >= 11 is 0. The number of carbonyl (C=O) groups excluding carboxylic acids is 1. The Labute approximate surface area is 111 Å². The van der Waals surface area contributed by atoms with Crippen LogP contribution in [0.15, 0.2) is 0 Å². The zero-order chi connectivity index (χ0) is 14.7. The lowest BCUT2D eigenvalue weighted by Gasteiger charge is -2.23. The van der Waals surface area contributed by atoms with E-state index in [9.17, 15) is 18.0 Å². The Balaban J connectivity index is 2.29. The molecule has 19 heavy (non-hydrogen) atoms. The van der Waals surface area contributed by atoms with Crippen molar-refractivity contribution in [1.82, 2.24) is 10.6 Å². The SMILES string of the molecule is CC(C)(C)OC(=O)NCCC(NC1CC1)C(F)(F)F. The number of alkyl carbamates (subject to hydrolysis) is 1. The van der Waals surface area contributed by atoms with Gasteiger partial charge in [0.2, 0.25) is 0 Å². The molecule has 0 aromatic heterocycles. The van der Waals surface area contributed by atoms with Gasteiger partial charge < -0.3 is 15.4 Å². The van der Waals surface area contributed by atoms with Gasteiger partial charge in [0.15, 0.2) is 0 Å². The summed E-state index contributed by atoms with van der Waals surface area (Å²) in [7, 11) is 0. The van der Waals surface area contributed by atoms with Crippen LogP contribution in [0.4, 0.5) is 18.0 Å². The second-order valence-corrected chi connectivity index (χ2v) is 5.75. The van der Waals surface area contributed by atoms with Crippen molar-refractivity contribution < 1.29 is 22.7 Å². The Morgan fingerprint density at radius 3 is 2.32 bits per heavy atom. The molecule has 1 aliphatic carbocycles. The van der Waals surface area contributed by atoms with Gasteiger partial charge in [-0.2, -0.15) is 13.2 Å². The highest BCUT2D eigenvalue weighted by Gasteiger charge is 2.41. The van der Waals surface area contributed by atoms with Gasteiger partial charge in [-0.15, -0.1) is 0 Å². The van der Waals surface area contributed by atoms with Gasteiger partial charge in [-0.1, -0.05) is 0 Å². The van der Waals surface area contributed by atoms with E-state index in [2.05, 4.69) is 10.6 Å². The third-order valence-corrected chi connectivity index (χ3v) is 2.51. The van der Waals surface area contributed by atoms with E-state index in [0.29, 0.717) is 0 Å². The van der Waals surface area contributed by atoms with E-state index in [0.717, 1.165) is 12.8 Å². The molecule has 0 spiro atoms. The first-order valence-corrected chi connectivity index (χ1v) is 6.37. The average Bonchev–Trinajstić information content (AvgIpc) is 2.95. The maximum atomic E-state index is 12.7. The molecule has 0 heterocycles. The summed E-state index contributed by atoms with van der Waals surface area (Å²) in [6.45, 7) is 5.01. The highest BCUT2D eigenvalue weighted by molar-refractivity contribution is 5.67. The normalized spacial score (nSPS) is 18.0. The van der Waals surface area contributed by atoms with Gasteiger partial charge in [0.1, 0.15) is 11.6 Å². The minimum Gasteiger partial charge on any atom is -0.444 e. The third kappa shape index (κ3) is 7.25. The van der Waals surface area contributed by atoms with Crippen LogP contribution in [0.2, 0.25) is 0 Å². The first-order chi connectivity index (χ1) is 8.58. The van der Waals surface area contributed by atoms with Gasteiger partial charge in [0.25, 0.3) is 0 Å². The van der Waals surface area contributed by atoms with Gasteiger partial charge >= 0.3 is 12.3 Å². The summed E-state index contributed by atoms with van der Waals surface area (Å²) in [5.74, 6) is 0. The quantitative estimate of drug-likeness (QED) is 0.815. The van der Waals surface area contributed by atoms with Crippen molar-refractivity contribution in [3.63, 3.8) is 0 Å². The van der Waals surface area contributed by atoms with Gasteiger partial charge in [0.05, 0.1) is 0 Å². The summed E-state index contributed by atoms with van der Waals surface area (Å²) in [5, 5.41) is 4.87. The first kappa shape index (κ1) is 16.1. The fraction of sp³-hybridized carbons (Fsp3) is 0.917. The molecule has 7 heteroatoms. The van der Waals surface area contributed by atoms with E-state index in [1.165, 1.54) is 0 Å². The molecule has 112 valence electrons. The standard InChI is InChI=1S/C12H21F3N2O2/c1-11(2,3)19-10(18)16-7-6-9(12(13,14)15)17-8-4-5-8/h8-9,17H,4-7H2,1-3H3,(H,16,18). The smallest absolute Gasteiger partial charge is 0.407 e. The van der Waals surface area contributed by atoms with Crippen molar-refractivity contribution in [2.24, 2.45) is 0 Å². The number of hydrogen-bond acceptors (Lipinski definition) is 3. The van der Waals surface area contributed by atoms with Crippen LogP contribution in [0.1, 0.15) is 40.0 Å². The minimum atomic E-state index is -4.29. The molecular formula is C12H21F3N2O2. The summed E-state index contributed by atoms with van der Waals surface area (Å²) in [6, 6.07) is -1.61. The predicted molar refractivity (Wildman–Crippen MR) is 64.9 cm³/mol. The molecule has 1 fully saturated rings. The number of rotatable bonds is 5. The van der Waals surface area contributed by atoms with E-state index in [1.807, 2.05) is 0 Å². The van der Waals surface area contributed by atoms with Gasteiger partial charge in [-0.3, -0.25) is 0 Å². The molecular weight excluding hydrogens is 261 g/mol. The fourth-order valence-electron chi connectivity index (χ4n) is 1.51. The summed E-state index contributed by atoms with van der Waals surface area (Å²) in [6.07, 6.45) is -3.62. The molecule has 1 saturated carbocycles. The Hall–Kier alpha value is -0.980. The number of hydrogen-bond donors (Lipinski definition) is 2. The lowest BCUT2D eigenvalue weighted by molar-refractivity contribution is -0.157. The van der Waals surface area contributed by atoms with E-state index in [4.69, 9.17) is 4.74 Å². The maximum absolute atomic E-state index is 12.7. The number of ether oxygens (including phenoxy) is 1. The fourth-order valence-corrected chi connectivity index (χ4v) is 1.51. The Bertz CT molecular complexity index is 309. The molecule has 2 N–H and O–H groups in total. The molecule has 0 aromatic carbocycles. The molecule has 0 saturated heterocycles. The minimum absolute atomic E-state index is 0.0341. The second-order valence-electron chi connectivity index (χ2n) is 5.75. The average molecular weight is 282 g/mol. The van der Waals surface area contributed by atoms with Crippen LogP contribution in [0.3, 0.4) is 0 Å². The number of amides is 1. The molecule has 1 unspecified atom stereocenters. The first-order valence-electron chi connectivity index (χ1n) is 6.37. The van der Waals surface area contributed by atoms with Gasteiger partial charge in [-0.25, -0.2) is 4.79 Å². The van der Waals surface area contributed by atoms with Gasteiger partial charge in [0, 0.05) is 12.6 Å². The van der Waals surface area contributed by atoms with Gasteiger partial charge in [-0.05, 0) is 40.0 Å². The number of alkyl halides is 3. The monoisotopic (exact) mass is 282 g/mol. The number of nitrogens with one attached hydrogen (secondary N) is 2. The van der Waals surface area contributed by atoms with Crippen molar-refractivity contribution in [3.05, 3.63) is 0 Å². The molecule has 1 rings (SSSR count). The van der Waals surface area contributed by atoms with E-state index < -0.39 is 23.9 Å².